The van der Waals surface area contributed by atoms with Gasteiger partial charge in [-0.05, 0) is 29.5 Å². The van der Waals surface area contributed by atoms with Gasteiger partial charge in [-0.25, -0.2) is 4.98 Å². The highest BCUT2D eigenvalue weighted by molar-refractivity contribution is 14.0. The van der Waals surface area contributed by atoms with Gasteiger partial charge in [-0.1, -0.05) is 6.07 Å². The minimum absolute atomic E-state index is 0. The smallest absolute Gasteiger partial charge is 0.422 e. The van der Waals surface area contributed by atoms with Crippen molar-refractivity contribution in [3.63, 3.8) is 0 Å². The molecule has 0 amide bonds. The lowest BCUT2D eigenvalue weighted by atomic mass is 10.2. The topological polar surface area (TPSA) is 49.8 Å². The summed E-state index contributed by atoms with van der Waals surface area (Å²) >= 11 is 1.71. The number of alkyl halides is 3. The summed E-state index contributed by atoms with van der Waals surface area (Å²) in [6.45, 7) is -0.151. The van der Waals surface area contributed by atoms with Crippen molar-refractivity contribution in [1.82, 2.24) is 15.2 Å². The molecule has 0 aliphatic heterocycles. The SMILES string of the molecule is CN=C(NCc1ccnc(OCC(F)(F)F)c1)N(C)CCc1cccs1.I. The van der Waals surface area contributed by atoms with Crippen LogP contribution in [0.25, 0.3) is 0 Å². The molecule has 2 aromatic heterocycles. The lowest BCUT2D eigenvalue weighted by Gasteiger charge is -2.22. The maximum absolute atomic E-state index is 12.2. The normalized spacial score (nSPS) is 11.7. The Morgan fingerprint density at radius 2 is 2.15 bits per heavy atom. The average Bonchev–Trinajstić information content (AvgIpc) is 3.12. The standard InChI is InChI=1S/C17H21F3N4OS.HI/c1-21-16(24(2)8-6-14-4-3-9-26-14)23-11-13-5-7-22-15(10-13)25-12-17(18,19)20;/h3-5,7,9-10H,6,8,11-12H2,1-2H3,(H,21,23);1H. The summed E-state index contributed by atoms with van der Waals surface area (Å²) in [5, 5.41) is 5.23. The number of hydrogen-bond donors (Lipinski definition) is 1. The molecule has 0 unspecified atom stereocenters. The van der Waals surface area contributed by atoms with Gasteiger partial charge in [0.1, 0.15) is 0 Å². The van der Waals surface area contributed by atoms with Crippen LogP contribution in [0.5, 0.6) is 5.88 Å². The Labute approximate surface area is 177 Å². The minimum Gasteiger partial charge on any atom is -0.468 e. The summed E-state index contributed by atoms with van der Waals surface area (Å²) in [6, 6.07) is 7.31. The monoisotopic (exact) mass is 514 g/mol. The zero-order chi connectivity index (χ0) is 19.0. The van der Waals surface area contributed by atoms with Gasteiger partial charge < -0.3 is 15.0 Å². The Bertz CT molecular complexity index is 710. The van der Waals surface area contributed by atoms with Crippen molar-refractivity contribution < 1.29 is 17.9 Å². The molecule has 0 saturated heterocycles. The third kappa shape index (κ3) is 8.78. The van der Waals surface area contributed by atoms with Crippen molar-refractivity contribution >= 4 is 41.3 Å². The van der Waals surface area contributed by atoms with E-state index in [-0.39, 0.29) is 29.9 Å². The van der Waals surface area contributed by atoms with Crippen molar-refractivity contribution in [2.75, 3.05) is 27.2 Å². The largest absolute Gasteiger partial charge is 0.468 e. The predicted molar refractivity (Wildman–Crippen MR) is 112 cm³/mol. The van der Waals surface area contributed by atoms with Gasteiger partial charge in [0.2, 0.25) is 5.88 Å². The first-order chi connectivity index (χ1) is 12.4. The first-order valence-electron chi connectivity index (χ1n) is 7.96. The van der Waals surface area contributed by atoms with Crippen molar-refractivity contribution in [3.05, 3.63) is 46.3 Å². The molecule has 2 aromatic rings. The van der Waals surface area contributed by atoms with Crippen molar-refractivity contribution in [2.24, 2.45) is 4.99 Å². The van der Waals surface area contributed by atoms with Crippen LogP contribution in [-0.4, -0.2) is 49.3 Å². The van der Waals surface area contributed by atoms with Crippen LogP contribution in [-0.2, 0) is 13.0 Å². The van der Waals surface area contributed by atoms with Gasteiger partial charge in [0, 0.05) is 44.3 Å². The van der Waals surface area contributed by atoms with Gasteiger partial charge in [0.25, 0.3) is 0 Å². The van der Waals surface area contributed by atoms with Crippen molar-refractivity contribution in [1.29, 1.82) is 0 Å². The molecule has 0 aliphatic rings. The van der Waals surface area contributed by atoms with E-state index in [2.05, 4.69) is 26.1 Å². The number of pyridine rings is 1. The third-order valence-electron chi connectivity index (χ3n) is 3.48. The zero-order valence-electron chi connectivity index (χ0n) is 15.0. The number of ether oxygens (including phenoxy) is 1. The maximum Gasteiger partial charge on any atom is 0.422 e. The van der Waals surface area contributed by atoms with Crippen molar-refractivity contribution in [3.8, 4) is 5.88 Å². The van der Waals surface area contributed by atoms with E-state index in [1.165, 1.54) is 17.1 Å². The molecule has 5 nitrogen and oxygen atoms in total. The number of aromatic nitrogens is 1. The van der Waals surface area contributed by atoms with E-state index < -0.39 is 12.8 Å². The second kappa shape index (κ2) is 11.3. The van der Waals surface area contributed by atoms with Crippen LogP contribution in [0.2, 0.25) is 0 Å². The summed E-state index contributed by atoms with van der Waals surface area (Å²) in [6.07, 6.45) is -2.05. The molecule has 2 rings (SSSR count). The summed E-state index contributed by atoms with van der Waals surface area (Å²) in [5.41, 5.74) is 0.755. The molecule has 0 fully saturated rings. The number of guanidine groups is 1. The van der Waals surface area contributed by atoms with E-state index in [1.807, 2.05) is 23.4 Å². The Hall–Kier alpha value is -1.56. The molecule has 0 spiro atoms. The fourth-order valence-electron chi connectivity index (χ4n) is 2.20. The molecular weight excluding hydrogens is 492 g/mol. The van der Waals surface area contributed by atoms with E-state index >= 15 is 0 Å². The molecular formula is C17H22F3IN4OS. The number of likely N-dealkylation sites (N-methyl/N-ethyl adjacent to an activating group) is 1. The van der Waals surface area contributed by atoms with Gasteiger partial charge in [-0.2, -0.15) is 13.2 Å². The zero-order valence-corrected chi connectivity index (χ0v) is 18.1. The Balaban J connectivity index is 0.00000364. The fourth-order valence-corrected chi connectivity index (χ4v) is 2.90. The molecule has 0 aliphatic carbocycles. The van der Waals surface area contributed by atoms with Gasteiger partial charge in [0.05, 0.1) is 0 Å². The van der Waals surface area contributed by atoms with E-state index in [9.17, 15) is 13.2 Å². The van der Waals surface area contributed by atoms with Crippen LogP contribution in [0, 0.1) is 0 Å². The van der Waals surface area contributed by atoms with Gasteiger partial charge >= 0.3 is 6.18 Å². The molecule has 0 aromatic carbocycles. The summed E-state index contributed by atoms with van der Waals surface area (Å²) in [5.74, 6) is 0.652. The molecule has 0 radical (unpaired) electrons. The number of halogens is 4. The molecule has 0 atom stereocenters. The molecule has 0 bridgehead atoms. The molecule has 10 heteroatoms. The Kier molecular flexibility index (Phi) is 9.84. The quantitative estimate of drug-likeness (QED) is 0.346. The number of nitrogens with one attached hydrogen (secondary N) is 1. The lowest BCUT2D eigenvalue weighted by Crippen LogP contribution is -2.39. The highest BCUT2D eigenvalue weighted by atomic mass is 127. The highest BCUT2D eigenvalue weighted by Gasteiger charge is 2.28. The number of nitrogens with zero attached hydrogens (tertiary/aromatic N) is 3. The molecule has 1 N–H and O–H groups in total. The first kappa shape index (κ1) is 23.5. The summed E-state index contributed by atoms with van der Waals surface area (Å²) < 4.78 is 41.3. The Morgan fingerprint density at radius 1 is 1.37 bits per heavy atom. The number of thiophene rings is 1. The first-order valence-corrected chi connectivity index (χ1v) is 8.84. The maximum atomic E-state index is 12.2. The van der Waals surface area contributed by atoms with E-state index in [0.29, 0.717) is 12.5 Å². The number of aliphatic imine (C=N–C) groups is 1. The second-order valence-corrected chi connectivity index (χ2v) is 6.59. The summed E-state index contributed by atoms with van der Waals surface area (Å²) in [7, 11) is 3.63. The van der Waals surface area contributed by atoms with E-state index in [4.69, 9.17) is 0 Å². The minimum atomic E-state index is -4.39. The predicted octanol–water partition coefficient (Wildman–Crippen LogP) is 3.95. The van der Waals surface area contributed by atoms with Gasteiger partial charge in [-0.15, -0.1) is 35.3 Å². The van der Waals surface area contributed by atoms with E-state index in [1.54, 1.807) is 24.5 Å². The van der Waals surface area contributed by atoms with Crippen molar-refractivity contribution in [2.45, 2.75) is 19.1 Å². The third-order valence-corrected chi connectivity index (χ3v) is 4.42. The van der Waals surface area contributed by atoms with Crippen LogP contribution >= 0.6 is 35.3 Å². The van der Waals surface area contributed by atoms with Gasteiger partial charge in [0.15, 0.2) is 12.6 Å². The molecule has 0 saturated carbocycles. The Morgan fingerprint density at radius 3 is 2.78 bits per heavy atom. The van der Waals surface area contributed by atoms with E-state index in [0.717, 1.165) is 18.5 Å². The number of hydrogen-bond acceptors (Lipinski definition) is 4. The van der Waals surface area contributed by atoms with Crippen LogP contribution in [0.3, 0.4) is 0 Å². The molecule has 150 valence electrons. The molecule has 2 heterocycles. The van der Waals surface area contributed by atoms with Crippen LogP contribution in [0.4, 0.5) is 13.2 Å². The van der Waals surface area contributed by atoms with Crippen LogP contribution in [0.15, 0.2) is 40.8 Å². The molecule has 27 heavy (non-hydrogen) atoms. The fraction of sp³-hybridized carbons (Fsp3) is 0.412. The van der Waals surface area contributed by atoms with Gasteiger partial charge in [-0.3, -0.25) is 4.99 Å². The number of rotatable bonds is 7. The highest BCUT2D eigenvalue weighted by Crippen LogP contribution is 2.17. The lowest BCUT2D eigenvalue weighted by molar-refractivity contribution is -0.154. The second-order valence-electron chi connectivity index (χ2n) is 5.56. The summed E-state index contributed by atoms with van der Waals surface area (Å²) in [4.78, 5) is 11.3. The van der Waals surface area contributed by atoms with Crippen LogP contribution in [0.1, 0.15) is 10.4 Å². The average molecular weight is 514 g/mol. The van der Waals surface area contributed by atoms with Crippen LogP contribution < -0.4 is 10.1 Å².